The van der Waals surface area contributed by atoms with Gasteiger partial charge in [-0.25, -0.2) is 0 Å². The number of aliphatic hydroxyl groups is 2. The Morgan fingerprint density at radius 1 is 1.14 bits per heavy atom. The van der Waals surface area contributed by atoms with E-state index < -0.39 is 36.6 Å². The van der Waals surface area contributed by atoms with Gasteiger partial charge in [-0.15, -0.1) is 13.2 Å². The predicted molar refractivity (Wildman–Crippen MR) is 153 cm³/mol. The second-order valence-corrected chi connectivity index (χ2v) is 14.9. The molecule has 3 N–H and O–H groups in total. The summed E-state index contributed by atoms with van der Waals surface area (Å²) in [5.41, 5.74) is 0.289. The van der Waals surface area contributed by atoms with Gasteiger partial charge in [-0.1, -0.05) is 33.6 Å². The zero-order chi connectivity index (χ0) is 31.3. The maximum absolute atomic E-state index is 14.0. The van der Waals surface area contributed by atoms with Crippen molar-refractivity contribution < 1.29 is 42.5 Å². The molecule has 11 heteroatoms. The van der Waals surface area contributed by atoms with Crippen LogP contribution in [0.3, 0.4) is 0 Å². The summed E-state index contributed by atoms with van der Waals surface area (Å²) in [5.74, 6) is 0.826. The molecule has 6 rings (SSSR count). The highest BCUT2D eigenvalue weighted by atomic mass is 19.4. The smallest absolute Gasteiger partial charge is 0.394 e. The number of fused-ring (bicyclic) bond motifs is 2. The Labute approximate surface area is 254 Å². The number of hydroxylamine groups is 2. The number of hydrogen-bond acceptors (Lipinski definition) is 7. The summed E-state index contributed by atoms with van der Waals surface area (Å²) < 4.78 is 49.4. The normalized spacial score (nSPS) is 44.0. The van der Waals surface area contributed by atoms with Crippen LogP contribution in [0.25, 0.3) is 0 Å². The van der Waals surface area contributed by atoms with Gasteiger partial charge in [0.2, 0.25) is 5.91 Å². The summed E-state index contributed by atoms with van der Waals surface area (Å²) in [6, 6.07) is -0.717. The second kappa shape index (κ2) is 13.0. The maximum Gasteiger partial charge on any atom is 0.522 e. The molecule has 5 saturated carbocycles. The van der Waals surface area contributed by atoms with Crippen molar-refractivity contribution in [3.63, 3.8) is 0 Å². The van der Waals surface area contributed by atoms with Crippen LogP contribution in [0.15, 0.2) is 0 Å². The van der Waals surface area contributed by atoms with Crippen LogP contribution >= 0.6 is 0 Å². The Bertz CT molecular complexity index is 966. The highest BCUT2D eigenvalue weighted by molar-refractivity contribution is 5.82. The Morgan fingerprint density at radius 2 is 1.86 bits per heavy atom. The van der Waals surface area contributed by atoms with E-state index in [2.05, 4.69) is 30.8 Å². The molecule has 8 nitrogen and oxygen atoms in total. The summed E-state index contributed by atoms with van der Waals surface area (Å²) in [6.45, 7) is 8.56. The highest BCUT2D eigenvalue weighted by Gasteiger charge is 2.58. The topological polar surface area (TPSA) is 100 Å². The average molecular weight is 619 g/mol. The van der Waals surface area contributed by atoms with Crippen molar-refractivity contribution in [3.05, 3.63) is 0 Å². The molecule has 0 aromatic heterocycles. The number of nitrogens with zero attached hydrogens (tertiary/aromatic N) is 1. The largest absolute Gasteiger partial charge is 0.522 e. The Morgan fingerprint density at radius 3 is 2.47 bits per heavy atom. The van der Waals surface area contributed by atoms with E-state index in [-0.39, 0.29) is 47.8 Å². The second-order valence-electron chi connectivity index (χ2n) is 14.9. The number of aliphatic hydroxyl groups excluding tert-OH is 2. The molecule has 1 amide bonds. The standard InChI is InChI=1S/C32H53F3N2O6/c1-17-24-13-21(31(24,3)4)14-25(17)36-30(40)28-27(18(2)39)26(16-38)43-37(28)15-20-9-7-11-23(29(20)41-5)19-8-6-10-22(12-19)42-32(33,34)35/h17-29,38-39H,6-16H2,1-5H3,(H,36,40)/t17-,18-,19?,20?,21+,22?,23?,24-,25-,26-,27-,28-,29?/m0/s1. The number of carbonyl (C=O) groups is 1. The van der Waals surface area contributed by atoms with Crippen LogP contribution in [0.1, 0.15) is 85.5 Å². The SMILES string of the molecule is COC1C(CN2O[C@@H](CO)[C@H]([C@H](C)O)[C@H]2C(=O)N[C@H]2C[C@H]3C[C@@H]([C@@H]2C)C3(C)C)CCCC1C1CCCC(OC(F)(F)F)C1. The van der Waals surface area contributed by atoms with Crippen LogP contribution in [0.2, 0.25) is 0 Å². The first-order chi connectivity index (χ1) is 20.2. The number of rotatable bonds is 9. The zero-order valence-electron chi connectivity index (χ0n) is 26.4. The highest BCUT2D eigenvalue weighted by Crippen LogP contribution is 2.61. The Balaban J connectivity index is 1.30. The molecular formula is C32H53F3N2O6. The van der Waals surface area contributed by atoms with Crippen molar-refractivity contribution >= 4 is 5.91 Å². The van der Waals surface area contributed by atoms with Crippen molar-refractivity contribution in [1.29, 1.82) is 0 Å². The number of alkyl halides is 3. The fourth-order valence-electron chi connectivity index (χ4n) is 9.96. The van der Waals surface area contributed by atoms with Gasteiger partial charge < -0.3 is 20.3 Å². The summed E-state index contributed by atoms with van der Waals surface area (Å²) in [6.07, 6.45) is -0.227. The number of hydrogen-bond donors (Lipinski definition) is 3. The van der Waals surface area contributed by atoms with E-state index in [1.54, 1.807) is 19.1 Å². The molecule has 13 atom stereocenters. The number of methoxy groups -OCH3 is 1. The fraction of sp³-hybridized carbons (Fsp3) is 0.969. The van der Waals surface area contributed by atoms with E-state index >= 15 is 0 Å². The first kappa shape index (κ1) is 33.4. The van der Waals surface area contributed by atoms with Gasteiger partial charge in [-0.05, 0) is 86.9 Å². The molecule has 248 valence electrons. The minimum Gasteiger partial charge on any atom is -0.394 e. The van der Waals surface area contributed by atoms with E-state index in [1.165, 1.54) is 6.42 Å². The molecule has 1 saturated heterocycles. The van der Waals surface area contributed by atoms with Crippen molar-refractivity contribution in [3.8, 4) is 0 Å². The molecule has 0 aromatic rings. The Kier molecular flexibility index (Phi) is 10.1. The van der Waals surface area contributed by atoms with Crippen LogP contribution < -0.4 is 5.32 Å². The fourth-order valence-corrected chi connectivity index (χ4v) is 9.96. The van der Waals surface area contributed by atoms with E-state index in [9.17, 15) is 28.2 Å². The minimum atomic E-state index is -4.64. The molecule has 43 heavy (non-hydrogen) atoms. The van der Waals surface area contributed by atoms with E-state index in [1.807, 2.05) is 0 Å². The van der Waals surface area contributed by atoms with Gasteiger partial charge in [-0.3, -0.25) is 14.4 Å². The molecule has 2 bridgehead atoms. The Hall–Kier alpha value is -0.980. The number of halogens is 3. The molecule has 1 heterocycles. The van der Waals surface area contributed by atoms with Gasteiger partial charge in [0.25, 0.3) is 0 Å². The van der Waals surface area contributed by atoms with Crippen LogP contribution in [-0.4, -0.2) is 84.3 Å². The number of ether oxygens (including phenoxy) is 2. The number of amides is 1. The third-order valence-electron chi connectivity index (χ3n) is 12.3. The van der Waals surface area contributed by atoms with Crippen molar-refractivity contribution in [2.45, 2.75) is 128 Å². The first-order valence-corrected chi connectivity index (χ1v) is 16.5. The molecule has 0 spiro atoms. The van der Waals surface area contributed by atoms with Gasteiger partial charge in [0, 0.05) is 31.5 Å². The van der Waals surface area contributed by atoms with Crippen molar-refractivity contribution in [2.75, 3.05) is 20.3 Å². The molecule has 6 aliphatic rings. The van der Waals surface area contributed by atoms with Gasteiger partial charge >= 0.3 is 6.36 Å². The van der Waals surface area contributed by atoms with Gasteiger partial charge in [0.1, 0.15) is 12.1 Å². The molecule has 6 fully saturated rings. The van der Waals surface area contributed by atoms with Crippen molar-refractivity contribution in [2.24, 2.45) is 46.8 Å². The van der Waals surface area contributed by atoms with E-state index in [0.717, 1.165) is 32.1 Å². The summed E-state index contributed by atoms with van der Waals surface area (Å²) in [7, 11) is 1.66. The van der Waals surface area contributed by atoms with Crippen LogP contribution in [-0.2, 0) is 19.1 Å². The van der Waals surface area contributed by atoms with Crippen LogP contribution in [0, 0.1) is 46.8 Å². The van der Waals surface area contributed by atoms with Gasteiger partial charge in [0.15, 0.2) is 0 Å². The molecular weight excluding hydrogens is 565 g/mol. The molecule has 0 radical (unpaired) electrons. The lowest BCUT2D eigenvalue weighted by molar-refractivity contribution is -0.347. The number of carbonyl (C=O) groups excluding carboxylic acids is 1. The average Bonchev–Trinajstić information content (AvgIpc) is 3.31. The van der Waals surface area contributed by atoms with E-state index in [0.29, 0.717) is 43.6 Å². The summed E-state index contributed by atoms with van der Waals surface area (Å²) >= 11 is 0. The quantitative estimate of drug-likeness (QED) is 0.345. The molecule has 0 aromatic carbocycles. The van der Waals surface area contributed by atoms with Crippen LogP contribution in [0.4, 0.5) is 13.2 Å². The zero-order valence-corrected chi connectivity index (χ0v) is 26.4. The summed E-state index contributed by atoms with van der Waals surface area (Å²) in [5, 5.41) is 25.9. The minimum absolute atomic E-state index is 0.0166. The molecule has 5 unspecified atom stereocenters. The molecule has 5 aliphatic carbocycles. The lowest BCUT2D eigenvalue weighted by Crippen LogP contribution is -2.62. The third-order valence-corrected chi connectivity index (χ3v) is 12.3. The van der Waals surface area contributed by atoms with Gasteiger partial charge in [-0.2, -0.15) is 5.06 Å². The van der Waals surface area contributed by atoms with Crippen LogP contribution in [0.5, 0.6) is 0 Å². The third kappa shape index (κ3) is 6.77. The van der Waals surface area contributed by atoms with Crippen molar-refractivity contribution in [1.82, 2.24) is 10.4 Å². The van der Waals surface area contributed by atoms with Gasteiger partial charge in [0.05, 0.1) is 24.9 Å². The number of nitrogens with one attached hydrogen (secondary N) is 1. The van der Waals surface area contributed by atoms with E-state index in [4.69, 9.17) is 9.57 Å². The lowest BCUT2D eigenvalue weighted by Gasteiger charge is -2.62. The summed E-state index contributed by atoms with van der Waals surface area (Å²) in [4.78, 5) is 20.2. The lowest BCUT2D eigenvalue weighted by atomic mass is 9.45. The predicted octanol–water partition coefficient (Wildman–Crippen LogP) is 4.67. The monoisotopic (exact) mass is 618 g/mol. The first-order valence-electron chi connectivity index (χ1n) is 16.5. The molecule has 1 aliphatic heterocycles. The maximum atomic E-state index is 14.0.